The zero-order chi connectivity index (χ0) is 14.4. The number of nitrogens with zero attached hydrogens (tertiary/aromatic N) is 3. The molecule has 1 aliphatic heterocycles. The van der Waals surface area contributed by atoms with Crippen molar-refractivity contribution in [3.8, 4) is 0 Å². The van der Waals surface area contributed by atoms with Crippen LogP contribution in [0.5, 0.6) is 0 Å². The summed E-state index contributed by atoms with van der Waals surface area (Å²) in [6, 6.07) is 3.38. The van der Waals surface area contributed by atoms with Crippen molar-refractivity contribution >= 4 is 11.6 Å². The Bertz CT molecular complexity index is 385. The maximum atomic E-state index is 5.94. The van der Waals surface area contributed by atoms with E-state index >= 15 is 0 Å². The first-order valence-corrected chi connectivity index (χ1v) is 8.66. The summed E-state index contributed by atoms with van der Waals surface area (Å²) in [5.41, 5.74) is 1.21. The molecule has 1 saturated heterocycles. The van der Waals surface area contributed by atoms with Gasteiger partial charge in [-0.3, -0.25) is 9.58 Å². The molecule has 0 aromatic carbocycles. The molecule has 1 unspecified atom stereocenters. The van der Waals surface area contributed by atoms with Crippen molar-refractivity contribution in [3.05, 3.63) is 18.0 Å². The predicted octanol–water partition coefficient (Wildman–Crippen LogP) is 4.23. The summed E-state index contributed by atoms with van der Waals surface area (Å²) in [5.74, 6) is 0.767. The third kappa shape index (κ3) is 3.98. The summed E-state index contributed by atoms with van der Waals surface area (Å²) >= 11 is 5.94. The molecule has 4 heteroatoms. The van der Waals surface area contributed by atoms with E-state index in [9.17, 15) is 0 Å². The Morgan fingerprint density at radius 3 is 2.85 bits per heavy atom. The fourth-order valence-electron chi connectivity index (χ4n) is 3.26. The molecule has 1 aromatic heterocycles. The van der Waals surface area contributed by atoms with Crippen LogP contribution >= 0.6 is 11.6 Å². The molecule has 0 spiro atoms. The van der Waals surface area contributed by atoms with Crippen LogP contribution in [0.4, 0.5) is 0 Å². The Kier molecular flexibility index (Phi) is 6.37. The Hall–Kier alpha value is -0.540. The van der Waals surface area contributed by atoms with Gasteiger partial charge in [-0.2, -0.15) is 5.10 Å². The molecule has 0 bridgehead atoms. The van der Waals surface area contributed by atoms with Crippen LogP contribution in [-0.4, -0.2) is 33.1 Å². The first-order chi connectivity index (χ1) is 9.78. The zero-order valence-electron chi connectivity index (χ0n) is 12.9. The smallest absolute Gasteiger partial charge is 0.0765 e. The van der Waals surface area contributed by atoms with E-state index in [4.69, 9.17) is 16.7 Å². The predicted molar refractivity (Wildman–Crippen MR) is 85.2 cm³/mol. The highest BCUT2D eigenvalue weighted by molar-refractivity contribution is 6.17. The van der Waals surface area contributed by atoms with Crippen molar-refractivity contribution < 1.29 is 0 Å². The lowest BCUT2D eigenvalue weighted by atomic mass is 10.00. The second kappa shape index (κ2) is 8.04. The molecule has 0 N–H and O–H groups in total. The number of rotatable bonds is 7. The van der Waals surface area contributed by atoms with Gasteiger partial charge in [0.15, 0.2) is 0 Å². The number of hydrogen-bond acceptors (Lipinski definition) is 2. The molecule has 0 saturated carbocycles. The van der Waals surface area contributed by atoms with Crippen LogP contribution in [0.1, 0.15) is 64.1 Å². The number of hydrogen-bond donors (Lipinski definition) is 0. The largest absolute Gasteiger partial charge is 0.294 e. The van der Waals surface area contributed by atoms with E-state index < -0.39 is 0 Å². The lowest BCUT2D eigenvalue weighted by Crippen LogP contribution is -2.39. The average molecular weight is 298 g/mol. The van der Waals surface area contributed by atoms with Crippen molar-refractivity contribution in [1.82, 2.24) is 14.7 Å². The van der Waals surface area contributed by atoms with Gasteiger partial charge in [0.05, 0.1) is 11.7 Å². The molecule has 114 valence electrons. The van der Waals surface area contributed by atoms with Crippen LogP contribution < -0.4 is 0 Å². The normalized spacial score (nSPS) is 20.7. The number of halogens is 1. The van der Waals surface area contributed by atoms with E-state index in [1.54, 1.807) is 0 Å². The van der Waals surface area contributed by atoms with Gasteiger partial charge in [-0.05, 0) is 44.7 Å². The minimum absolute atomic E-state index is 0.545. The maximum absolute atomic E-state index is 5.94. The summed E-state index contributed by atoms with van der Waals surface area (Å²) in [6.45, 7) is 6.64. The molecule has 20 heavy (non-hydrogen) atoms. The number of piperidine rings is 1. The molecule has 1 aromatic rings. The summed E-state index contributed by atoms with van der Waals surface area (Å²) in [5, 5.41) is 4.78. The monoisotopic (exact) mass is 297 g/mol. The summed E-state index contributed by atoms with van der Waals surface area (Å²) in [4.78, 5) is 2.57. The van der Waals surface area contributed by atoms with E-state index in [0.29, 0.717) is 12.1 Å². The highest BCUT2D eigenvalue weighted by atomic mass is 35.5. The van der Waals surface area contributed by atoms with Gasteiger partial charge in [0.2, 0.25) is 0 Å². The van der Waals surface area contributed by atoms with E-state index in [2.05, 4.69) is 35.7 Å². The fraction of sp³-hybridized carbons (Fsp3) is 0.812. The molecule has 2 rings (SSSR count). The van der Waals surface area contributed by atoms with Gasteiger partial charge in [-0.15, -0.1) is 11.6 Å². The molecule has 1 atom stereocenters. The minimum Gasteiger partial charge on any atom is -0.294 e. The first-order valence-electron chi connectivity index (χ1n) is 8.12. The van der Waals surface area contributed by atoms with E-state index in [0.717, 1.165) is 31.7 Å². The third-order valence-corrected chi connectivity index (χ3v) is 4.75. The molecule has 0 amide bonds. The van der Waals surface area contributed by atoms with Gasteiger partial charge < -0.3 is 0 Å². The third-order valence-electron chi connectivity index (χ3n) is 4.54. The van der Waals surface area contributed by atoms with Crippen molar-refractivity contribution in [2.24, 2.45) is 0 Å². The molecule has 0 radical (unpaired) electrons. The van der Waals surface area contributed by atoms with Crippen LogP contribution in [0.15, 0.2) is 12.3 Å². The standard InChI is InChI=1S/C16H28ClN3/c1-3-15(4-2)20-12-9-14(18-20)13-19-11-6-5-7-16(19)8-10-17/h9,12,15-16H,3-8,10-11,13H2,1-2H3. The lowest BCUT2D eigenvalue weighted by molar-refractivity contribution is 0.134. The van der Waals surface area contributed by atoms with Crippen LogP contribution in [0.3, 0.4) is 0 Å². The second-order valence-electron chi connectivity index (χ2n) is 5.86. The average Bonchev–Trinajstić information content (AvgIpc) is 2.91. The van der Waals surface area contributed by atoms with Gasteiger partial charge in [0.25, 0.3) is 0 Å². The fourth-order valence-corrected chi connectivity index (χ4v) is 3.51. The van der Waals surface area contributed by atoms with Gasteiger partial charge in [-0.1, -0.05) is 20.3 Å². The SMILES string of the molecule is CCC(CC)n1ccc(CN2CCCCC2CCCl)n1. The van der Waals surface area contributed by atoms with Crippen LogP contribution in [0.25, 0.3) is 0 Å². The van der Waals surface area contributed by atoms with Gasteiger partial charge in [0, 0.05) is 24.7 Å². The molecule has 0 aliphatic carbocycles. The highest BCUT2D eigenvalue weighted by Crippen LogP contribution is 2.22. The Morgan fingerprint density at radius 1 is 1.35 bits per heavy atom. The van der Waals surface area contributed by atoms with Gasteiger partial charge in [-0.25, -0.2) is 0 Å². The number of aromatic nitrogens is 2. The van der Waals surface area contributed by atoms with Crippen LogP contribution in [-0.2, 0) is 6.54 Å². The van der Waals surface area contributed by atoms with Crippen LogP contribution in [0, 0.1) is 0 Å². The Labute approximate surface area is 128 Å². The molecular formula is C16H28ClN3. The highest BCUT2D eigenvalue weighted by Gasteiger charge is 2.22. The lowest BCUT2D eigenvalue weighted by Gasteiger charge is -2.35. The Balaban J connectivity index is 1.97. The van der Waals surface area contributed by atoms with Crippen molar-refractivity contribution in [2.75, 3.05) is 12.4 Å². The first kappa shape index (κ1) is 15.8. The van der Waals surface area contributed by atoms with Crippen molar-refractivity contribution in [2.45, 2.75) is 71.0 Å². The Morgan fingerprint density at radius 2 is 2.15 bits per heavy atom. The van der Waals surface area contributed by atoms with Gasteiger partial charge >= 0.3 is 0 Å². The van der Waals surface area contributed by atoms with E-state index in [-0.39, 0.29) is 0 Å². The molecular weight excluding hydrogens is 270 g/mol. The van der Waals surface area contributed by atoms with Crippen molar-refractivity contribution in [1.29, 1.82) is 0 Å². The van der Waals surface area contributed by atoms with Gasteiger partial charge in [0.1, 0.15) is 0 Å². The molecule has 2 heterocycles. The zero-order valence-corrected chi connectivity index (χ0v) is 13.6. The summed E-state index contributed by atoms with van der Waals surface area (Å²) < 4.78 is 2.15. The van der Waals surface area contributed by atoms with E-state index in [1.165, 1.54) is 31.5 Å². The summed E-state index contributed by atoms with van der Waals surface area (Å²) in [6.07, 6.45) is 9.50. The molecule has 1 aliphatic rings. The molecule has 3 nitrogen and oxygen atoms in total. The summed E-state index contributed by atoms with van der Waals surface area (Å²) in [7, 11) is 0. The molecule has 1 fully saturated rings. The number of alkyl halides is 1. The topological polar surface area (TPSA) is 21.1 Å². The van der Waals surface area contributed by atoms with Crippen LogP contribution in [0.2, 0.25) is 0 Å². The number of likely N-dealkylation sites (tertiary alicyclic amines) is 1. The van der Waals surface area contributed by atoms with E-state index in [1.807, 2.05) is 0 Å². The quantitative estimate of drug-likeness (QED) is 0.702. The second-order valence-corrected chi connectivity index (χ2v) is 6.23. The maximum Gasteiger partial charge on any atom is 0.0765 e. The minimum atomic E-state index is 0.545. The van der Waals surface area contributed by atoms with Crippen molar-refractivity contribution in [3.63, 3.8) is 0 Å².